The van der Waals surface area contributed by atoms with Crippen LogP contribution >= 0.6 is 15.6 Å². The molecule has 0 amide bonds. The number of hydrogen-bond acceptors (Lipinski definition) is 15. The van der Waals surface area contributed by atoms with Crippen LogP contribution in [0.15, 0.2) is 0 Å². The molecule has 0 bridgehead atoms. The minimum atomic E-state index is -4.97. The zero-order chi connectivity index (χ0) is 78.8. The average Bonchev–Trinajstić information content (AvgIpc) is 0.909. The monoisotopic (exact) mass is 1560 g/mol. The molecule has 0 heterocycles. The Balaban J connectivity index is 5.23. The summed E-state index contributed by atoms with van der Waals surface area (Å²) in [7, 11) is -9.93. The van der Waals surface area contributed by atoms with E-state index in [1.165, 1.54) is 257 Å². The van der Waals surface area contributed by atoms with E-state index >= 15 is 0 Å². The number of phosphoric acid groups is 2. The lowest BCUT2D eigenvalue weighted by atomic mass is 9.99. The minimum Gasteiger partial charge on any atom is -0.462 e. The Morgan fingerprint density at radius 3 is 0.664 bits per heavy atom. The van der Waals surface area contributed by atoms with E-state index < -0.39 is 97.5 Å². The highest BCUT2D eigenvalue weighted by molar-refractivity contribution is 7.47. The summed E-state index contributed by atoms with van der Waals surface area (Å²) >= 11 is 0. The van der Waals surface area contributed by atoms with Gasteiger partial charge < -0.3 is 33.8 Å². The third kappa shape index (κ3) is 77.8. The van der Waals surface area contributed by atoms with Crippen molar-refractivity contribution in [2.45, 2.75) is 478 Å². The molecule has 0 saturated heterocycles. The summed E-state index contributed by atoms with van der Waals surface area (Å²) in [4.78, 5) is 73.3. The maximum Gasteiger partial charge on any atom is 0.472 e. The lowest BCUT2D eigenvalue weighted by Crippen LogP contribution is -2.30. The fourth-order valence-corrected chi connectivity index (χ4v) is 15.2. The van der Waals surface area contributed by atoms with Gasteiger partial charge in [-0.3, -0.25) is 37.3 Å². The molecule has 19 heteroatoms. The molecule has 0 fully saturated rings. The van der Waals surface area contributed by atoms with Gasteiger partial charge in [-0.1, -0.05) is 409 Å². The standard InChI is InChI=1S/C88H172O17P2/c1-9-79(6)65-57-49-41-35-29-23-16-14-12-13-15-17-26-32-38-44-54-62-70-87(92)104-83(74-98-85(90)68-60-52-43-37-31-25-20-18-22-28-34-40-48-56-64-78(4)5)76-102-106(94,95)100-72-82(89)73-101-107(96,97)103-77-84(75-99-86(91)69-61-53-47-46-51-59-67-81(8)11-3)105-88(93)71-63-55-45-39-33-27-21-19-24-30-36-42-50-58-66-80(7)10-2/h78-84,89H,9-77H2,1-8H3,(H,94,95)(H,96,97)/t79?,80?,81?,82-,83-,84-/m1/s1. The largest absolute Gasteiger partial charge is 0.472 e. The summed E-state index contributed by atoms with van der Waals surface area (Å²) in [6.07, 6.45) is 66.6. The first-order valence-electron chi connectivity index (χ1n) is 45.3. The third-order valence-corrected chi connectivity index (χ3v) is 23.6. The molecule has 17 nitrogen and oxygen atoms in total. The molecule has 0 aliphatic heterocycles. The number of hydrogen-bond donors (Lipinski definition) is 3. The van der Waals surface area contributed by atoms with Crippen molar-refractivity contribution < 1.29 is 80.2 Å². The van der Waals surface area contributed by atoms with Gasteiger partial charge in [-0.25, -0.2) is 9.13 Å². The minimum absolute atomic E-state index is 0.107. The van der Waals surface area contributed by atoms with Crippen molar-refractivity contribution in [3.8, 4) is 0 Å². The number of esters is 4. The number of aliphatic hydroxyl groups is 1. The van der Waals surface area contributed by atoms with Crippen molar-refractivity contribution in [2.24, 2.45) is 23.7 Å². The van der Waals surface area contributed by atoms with Gasteiger partial charge in [0.1, 0.15) is 19.3 Å². The Kier molecular flexibility index (Phi) is 75.3. The Hall–Kier alpha value is -1.94. The molecule has 8 atom stereocenters. The number of unbranched alkanes of at least 4 members (excludes halogenated alkanes) is 48. The highest BCUT2D eigenvalue weighted by Gasteiger charge is 2.31. The summed E-state index contributed by atoms with van der Waals surface area (Å²) in [5.74, 6) is 1.14. The van der Waals surface area contributed by atoms with Gasteiger partial charge in [-0.05, 0) is 49.4 Å². The van der Waals surface area contributed by atoms with E-state index in [1.807, 2.05) is 0 Å². The smallest absolute Gasteiger partial charge is 0.462 e. The third-order valence-electron chi connectivity index (χ3n) is 21.7. The van der Waals surface area contributed by atoms with E-state index in [1.54, 1.807) is 0 Å². The molecule has 3 N–H and O–H groups in total. The average molecular weight is 1560 g/mol. The Morgan fingerprint density at radius 1 is 0.262 bits per heavy atom. The van der Waals surface area contributed by atoms with Gasteiger partial charge >= 0.3 is 39.5 Å². The van der Waals surface area contributed by atoms with E-state index in [9.17, 15) is 43.2 Å². The lowest BCUT2D eigenvalue weighted by molar-refractivity contribution is -0.161. The molecule has 0 aromatic heterocycles. The molecule has 0 aliphatic rings. The molecule has 0 spiro atoms. The number of carbonyl (C=O) groups excluding carboxylic acids is 4. The molecule has 0 aromatic carbocycles. The molecular weight excluding hydrogens is 1390 g/mol. The first kappa shape index (κ1) is 105. The van der Waals surface area contributed by atoms with Crippen molar-refractivity contribution >= 4 is 39.5 Å². The summed E-state index contributed by atoms with van der Waals surface area (Å²) < 4.78 is 69.0. The Bertz CT molecular complexity index is 2080. The number of aliphatic hydroxyl groups excluding tert-OH is 1. The maximum absolute atomic E-state index is 13.2. The second-order valence-corrected chi connectivity index (χ2v) is 35.7. The molecular formula is C88H172O17P2. The Morgan fingerprint density at radius 2 is 0.449 bits per heavy atom. The number of phosphoric ester groups is 2. The zero-order valence-corrected chi connectivity index (χ0v) is 72.6. The van der Waals surface area contributed by atoms with Crippen LogP contribution in [0.2, 0.25) is 0 Å². The van der Waals surface area contributed by atoms with Crippen molar-refractivity contribution in [2.75, 3.05) is 39.6 Å². The molecule has 0 saturated carbocycles. The van der Waals surface area contributed by atoms with E-state index in [2.05, 4.69) is 55.4 Å². The number of ether oxygens (including phenoxy) is 4. The van der Waals surface area contributed by atoms with Gasteiger partial charge in [0.05, 0.1) is 26.4 Å². The van der Waals surface area contributed by atoms with E-state index in [0.29, 0.717) is 25.7 Å². The van der Waals surface area contributed by atoms with Crippen molar-refractivity contribution in [3.63, 3.8) is 0 Å². The van der Waals surface area contributed by atoms with Crippen LogP contribution in [-0.4, -0.2) is 96.7 Å². The maximum atomic E-state index is 13.2. The number of carbonyl (C=O) groups is 4. The second-order valence-electron chi connectivity index (χ2n) is 32.8. The quantitative estimate of drug-likeness (QED) is 0.0222. The predicted molar refractivity (Wildman–Crippen MR) is 441 cm³/mol. The van der Waals surface area contributed by atoms with Gasteiger partial charge in [0.15, 0.2) is 12.2 Å². The van der Waals surface area contributed by atoms with Gasteiger partial charge in [-0.2, -0.15) is 0 Å². The molecule has 636 valence electrons. The summed E-state index contributed by atoms with van der Waals surface area (Å²) in [6.45, 7) is 14.4. The summed E-state index contributed by atoms with van der Waals surface area (Å²) in [6, 6.07) is 0. The molecule has 0 radical (unpaired) electrons. The summed E-state index contributed by atoms with van der Waals surface area (Å²) in [5.41, 5.74) is 0. The first-order valence-corrected chi connectivity index (χ1v) is 48.3. The summed E-state index contributed by atoms with van der Waals surface area (Å²) in [5, 5.41) is 10.7. The van der Waals surface area contributed by atoms with Gasteiger partial charge in [-0.15, -0.1) is 0 Å². The van der Waals surface area contributed by atoms with Crippen LogP contribution in [0.25, 0.3) is 0 Å². The zero-order valence-electron chi connectivity index (χ0n) is 70.8. The molecule has 0 rings (SSSR count). The van der Waals surface area contributed by atoms with Crippen LogP contribution in [0.4, 0.5) is 0 Å². The topological polar surface area (TPSA) is 237 Å². The molecule has 0 aromatic rings. The fraction of sp³-hybridized carbons (Fsp3) is 0.955. The SMILES string of the molecule is CCC(C)CCCCCCCCCCCCCCCCCCCCC(=O)O[C@H](COC(=O)CCCCCCCCCCCCCCCCC(C)C)COP(=O)(O)OC[C@@H](O)COP(=O)(O)OC[C@@H](COC(=O)CCCCCCCCC(C)CC)OC(=O)CCCCCCCCCCCCCCCCC(C)CC. The van der Waals surface area contributed by atoms with E-state index in [0.717, 1.165) is 120 Å². The molecule has 107 heavy (non-hydrogen) atoms. The fourth-order valence-electron chi connectivity index (χ4n) is 13.6. The van der Waals surface area contributed by atoms with E-state index in [4.69, 9.17) is 37.0 Å². The number of rotatable bonds is 85. The van der Waals surface area contributed by atoms with Crippen molar-refractivity contribution in [1.29, 1.82) is 0 Å². The molecule has 5 unspecified atom stereocenters. The molecule has 0 aliphatic carbocycles. The van der Waals surface area contributed by atoms with Crippen LogP contribution in [0.5, 0.6) is 0 Å². The second kappa shape index (κ2) is 76.7. The van der Waals surface area contributed by atoms with Gasteiger partial charge in [0.2, 0.25) is 0 Å². The van der Waals surface area contributed by atoms with Gasteiger partial charge in [0, 0.05) is 25.7 Å². The van der Waals surface area contributed by atoms with Crippen LogP contribution in [-0.2, 0) is 65.4 Å². The van der Waals surface area contributed by atoms with Crippen LogP contribution < -0.4 is 0 Å². The predicted octanol–water partition coefficient (Wildman–Crippen LogP) is 26.7. The first-order chi connectivity index (χ1) is 51.7. The van der Waals surface area contributed by atoms with Crippen molar-refractivity contribution in [1.82, 2.24) is 0 Å². The highest BCUT2D eigenvalue weighted by Crippen LogP contribution is 2.45. The normalized spacial score (nSPS) is 14.7. The highest BCUT2D eigenvalue weighted by atomic mass is 31.2. The lowest BCUT2D eigenvalue weighted by Gasteiger charge is -2.21. The van der Waals surface area contributed by atoms with Gasteiger partial charge in [0.25, 0.3) is 0 Å². The van der Waals surface area contributed by atoms with Crippen LogP contribution in [0.1, 0.15) is 460 Å². The van der Waals surface area contributed by atoms with Crippen LogP contribution in [0, 0.1) is 23.7 Å². The van der Waals surface area contributed by atoms with E-state index in [-0.39, 0.29) is 25.7 Å². The van der Waals surface area contributed by atoms with Crippen LogP contribution in [0.3, 0.4) is 0 Å². The Labute approximate surface area is 658 Å². The van der Waals surface area contributed by atoms with Crippen molar-refractivity contribution in [3.05, 3.63) is 0 Å².